The van der Waals surface area contributed by atoms with Crippen LogP contribution in [0.25, 0.3) is 0 Å². The number of likely N-dealkylation sites (tertiary alicyclic amines) is 1. The number of hydrogen-bond acceptors (Lipinski definition) is 5. The SMILES string of the molecule is CNC1CCN(C(=O)c2ccccc2SCc2c(C)noc2C)CC1. The van der Waals surface area contributed by atoms with Gasteiger partial charge in [-0.25, -0.2) is 0 Å². The molecule has 0 atom stereocenters. The lowest BCUT2D eigenvalue weighted by molar-refractivity contribution is 0.0704. The number of amides is 1. The van der Waals surface area contributed by atoms with Gasteiger partial charge < -0.3 is 14.7 Å². The van der Waals surface area contributed by atoms with Crippen molar-refractivity contribution in [2.24, 2.45) is 0 Å². The van der Waals surface area contributed by atoms with Crippen molar-refractivity contribution in [1.82, 2.24) is 15.4 Å². The Morgan fingerprint density at radius 2 is 2.04 bits per heavy atom. The van der Waals surface area contributed by atoms with Gasteiger partial charge in [0.15, 0.2) is 0 Å². The average molecular weight is 359 g/mol. The Kier molecular flexibility index (Phi) is 5.81. The van der Waals surface area contributed by atoms with Gasteiger partial charge in [-0.2, -0.15) is 0 Å². The lowest BCUT2D eigenvalue weighted by atomic mass is 10.0. The molecule has 0 saturated carbocycles. The molecule has 6 heteroatoms. The van der Waals surface area contributed by atoms with Crippen molar-refractivity contribution >= 4 is 17.7 Å². The van der Waals surface area contributed by atoms with E-state index < -0.39 is 0 Å². The molecule has 1 N–H and O–H groups in total. The van der Waals surface area contributed by atoms with Crippen LogP contribution < -0.4 is 5.32 Å². The first-order valence-electron chi connectivity index (χ1n) is 8.70. The lowest BCUT2D eigenvalue weighted by Gasteiger charge is -2.32. The first-order chi connectivity index (χ1) is 12.1. The topological polar surface area (TPSA) is 58.4 Å². The Bertz CT molecular complexity index is 717. The number of hydrogen-bond donors (Lipinski definition) is 1. The van der Waals surface area contributed by atoms with E-state index in [1.165, 1.54) is 0 Å². The Morgan fingerprint density at radius 3 is 2.68 bits per heavy atom. The highest BCUT2D eigenvalue weighted by Crippen LogP contribution is 2.30. The number of nitrogens with zero attached hydrogens (tertiary/aromatic N) is 2. The quantitative estimate of drug-likeness (QED) is 0.829. The van der Waals surface area contributed by atoms with Crippen LogP contribution in [0, 0.1) is 13.8 Å². The van der Waals surface area contributed by atoms with Crippen molar-refractivity contribution in [3.63, 3.8) is 0 Å². The molecule has 1 aliphatic rings. The van der Waals surface area contributed by atoms with Crippen molar-refractivity contribution in [3.8, 4) is 0 Å². The average Bonchev–Trinajstić information content (AvgIpc) is 2.97. The molecular formula is C19H25N3O2S. The fourth-order valence-corrected chi connectivity index (χ4v) is 4.37. The second-order valence-corrected chi connectivity index (χ2v) is 7.46. The number of piperidine rings is 1. The molecule has 1 fully saturated rings. The molecule has 0 radical (unpaired) electrons. The number of benzene rings is 1. The van der Waals surface area contributed by atoms with Gasteiger partial charge in [-0.3, -0.25) is 4.79 Å². The van der Waals surface area contributed by atoms with Crippen LogP contribution in [0.1, 0.15) is 40.2 Å². The van der Waals surface area contributed by atoms with Gasteiger partial charge in [-0.15, -0.1) is 11.8 Å². The number of aryl methyl sites for hydroxylation is 2. The summed E-state index contributed by atoms with van der Waals surface area (Å²) in [5.41, 5.74) is 2.83. The van der Waals surface area contributed by atoms with E-state index in [4.69, 9.17) is 4.52 Å². The predicted molar refractivity (Wildman–Crippen MR) is 100.0 cm³/mol. The van der Waals surface area contributed by atoms with Crippen molar-refractivity contribution in [2.75, 3.05) is 20.1 Å². The van der Waals surface area contributed by atoms with E-state index in [9.17, 15) is 4.79 Å². The summed E-state index contributed by atoms with van der Waals surface area (Å²) in [6.45, 7) is 5.51. The van der Waals surface area contributed by atoms with E-state index in [-0.39, 0.29) is 5.91 Å². The fraction of sp³-hybridized carbons (Fsp3) is 0.474. The summed E-state index contributed by atoms with van der Waals surface area (Å²) < 4.78 is 5.23. The Balaban J connectivity index is 1.71. The highest BCUT2D eigenvalue weighted by Gasteiger charge is 2.24. The molecule has 1 aliphatic heterocycles. The smallest absolute Gasteiger partial charge is 0.254 e. The van der Waals surface area contributed by atoms with Crippen LogP contribution in [-0.2, 0) is 5.75 Å². The molecule has 5 nitrogen and oxygen atoms in total. The van der Waals surface area contributed by atoms with Crippen molar-refractivity contribution in [3.05, 3.63) is 46.8 Å². The third-order valence-corrected chi connectivity index (χ3v) is 5.96. The zero-order valence-corrected chi connectivity index (χ0v) is 15.9. The van der Waals surface area contributed by atoms with Crippen molar-refractivity contribution < 1.29 is 9.32 Å². The Labute approximate surface area is 153 Å². The van der Waals surface area contributed by atoms with Crippen molar-refractivity contribution in [1.29, 1.82) is 0 Å². The maximum atomic E-state index is 13.0. The molecule has 0 aliphatic carbocycles. The summed E-state index contributed by atoms with van der Waals surface area (Å²) in [6, 6.07) is 8.40. The number of thioether (sulfide) groups is 1. The second kappa shape index (κ2) is 8.06. The molecule has 0 spiro atoms. The molecule has 1 saturated heterocycles. The summed E-state index contributed by atoms with van der Waals surface area (Å²) in [5, 5.41) is 7.31. The first kappa shape index (κ1) is 18.0. The number of carbonyl (C=O) groups excluding carboxylic acids is 1. The van der Waals surface area contributed by atoms with E-state index in [0.717, 1.165) is 59.2 Å². The van der Waals surface area contributed by atoms with Gasteiger partial charge in [0, 0.05) is 35.3 Å². The Hall–Kier alpha value is -1.79. The summed E-state index contributed by atoms with van der Waals surface area (Å²) in [5.74, 6) is 1.74. The molecule has 25 heavy (non-hydrogen) atoms. The van der Waals surface area contributed by atoms with Crippen molar-refractivity contribution in [2.45, 2.75) is 43.4 Å². The summed E-state index contributed by atoms with van der Waals surface area (Å²) in [6.07, 6.45) is 2.02. The van der Waals surface area contributed by atoms with Crippen LogP contribution in [0.5, 0.6) is 0 Å². The molecule has 0 unspecified atom stereocenters. The van der Waals surface area contributed by atoms with E-state index in [1.807, 2.05) is 50.1 Å². The lowest BCUT2D eigenvalue weighted by Crippen LogP contribution is -2.44. The summed E-state index contributed by atoms with van der Waals surface area (Å²) in [4.78, 5) is 16.0. The molecule has 134 valence electrons. The van der Waals surface area contributed by atoms with Gasteiger partial charge in [0.1, 0.15) is 5.76 Å². The minimum absolute atomic E-state index is 0.136. The second-order valence-electron chi connectivity index (χ2n) is 6.44. The molecule has 2 aromatic rings. The van der Waals surface area contributed by atoms with Gasteiger partial charge in [-0.05, 0) is 45.9 Å². The van der Waals surface area contributed by atoms with E-state index >= 15 is 0 Å². The monoisotopic (exact) mass is 359 g/mol. The molecule has 3 rings (SSSR count). The Morgan fingerprint density at radius 1 is 1.32 bits per heavy atom. The zero-order chi connectivity index (χ0) is 17.8. The standard InChI is InChI=1S/C19H25N3O2S/c1-13-17(14(2)24-21-13)12-25-18-7-5-4-6-16(18)19(23)22-10-8-15(20-3)9-11-22/h4-7,15,20H,8-12H2,1-3H3. The summed E-state index contributed by atoms with van der Waals surface area (Å²) in [7, 11) is 1.99. The highest BCUT2D eigenvalue weighted by molar-refractivity contribution is 7.98. The summed E-state index contributed by atoms with van der Waals surface area (Å²) >= 11 is 1.67. The third kappa shape index (κ3) is 4.07. The van der Waals surface area contributed by atoms with E-state index in [0.29, 0.717) is 6.04 Å². The molecular weight excluding hydrogens is 334 g/mol. The van der Waals surface area contributed by atoms with Crippen LogP contribution in [0.2, 0.25) is 0 Å². The van der Waals surface area contributed by atoms with Gasteiger partial charge in [0.2, 0.25) is 0 Å². The van der Waals surface area contributed by atoms with Crippen LogP contribution in [0.4, 0.5) is 0 Å². The minimum atomic E-state index is 0.136. The highest BCUT2D eigenvalue weighted by atomic mass is 32.2. The molecule has 1 aromatic carbocycles. The van der Waals surface area contributed by atoms with Crippen LogP contribution in [0.15, 0.2) is 33.7 Å². The number of aromatic nitrogens is 1. The normalized spacial score (nSPS) is 15.6. The van der Waals surface area contributed by atoms with E-state index in [2.05, 4.69) is 10.5 Å². The predicted octanol–water partition coefficient (Wildman–Crippen LogP) is 3.41. The molecule has 0 bridgehead atoms. The van der Waals surface area contributed by atoms with Gasteiger partial charge in [0.25, 0.3) is 5.91 Å². The third-order valence-electron chi connectivity index (χ3n) is 4.86. The number of rotatable bonds is 5. The van der Waals surface area contributed by atoms with Gasteiger partial charge in [-0.1, -0.05) is 17.3 Å². The number of carbonyl (C=O) groups is 1. The molecule has 1 aromatic heterocycles. The van der Waals surface area contributed by atoms with Crippen LogP contribution in [0.3, 0.4) is 0 Å². The maximum Gasteiger partial charge on any atom is 0.254 e. The molecule has 2 heterocycles. The zero-order valence-electron chi connectivity index (χ0n) is 15.0. The molecule has 1 amide bonds. The number of nitrogens with one attached hydrogen (secondary N) is 1. The maximum absolute atomic E-state index is 13.0. The fourth-order valence-electron chi connectivity index (χ4n) is 3.17. The van der Waals surface area contributed by atoms with Crippen LogP contribution >= 0.6 is 11.8 Å². The largest absolute Gasteiger partial charge is 0.361 e. The van der Waals surface area contributed by atoms with E-state index in [1.54, 1.807) is 11.8 Å². The van der Waals surface area contributed by atoms with Gasteiger partial charge >= 0.3 is 0 Å². The first-order valence-corrected chi connectivity index (χ1v) is 9.68. The minimum Gasteiger partial charge on any atom is -0.361 e. The van der Waals surface area contributed by atoms with Crippen LogP contribution in [-0.4, -0.2) is 42.1 Å². The van der Waals surface area contributed by atoms with Gasteiger partial charge in [0.05, 0.1) is 11.3 Å².